The van der Waals surface area contributed by atoms with Gasteiger partial charge in [-0.25, -0.2) is 0 Å². The van der Waals surface area contributed by atoms with Crippen LogP contribution in [0.25, 0.3) is 0 Å². The second-order valence-electron chi connectivity index (χ2n) is 4.96. The number of amides is 1. The molecule has 5 heteroatoms. The van der Waals surface area contributed by atoms with Gasteiger partial charge in [-0.15, -0.1) is 0 Å². The molecule has 5 nitrogen and oxygen atoms in total. The van der Waals surface area contributed by atoms with Gasteiger partial charge in [0.15, 0.2) is 0 Å². The smallest absolute Gasteiger partial charge is 0.224 e. The molecule has 1 amide bonds. The van der Waals surface area contributed by atoms with Crippen LogP contribution in [0.15, 0.2) is 30.5 Å². The van der Waals surface area contributed by atoms with E-state index in [2.05, 4.69) is 21.6 Å². The number of carbonyl (C=O) groups is 1. The SMILES string of the molecule is Cc1[nH]ncc1CCCNC(=O)Cc1ccc(C#N)cc1. The van der Waals surface area contributed by atoms with Crippen molar-refractivity contribution in [2.24, 2.45) is 0 Å². The molecule has 2 rings (SSSR count). The lowest BCUT2D eigenvalue weighted by Crippen LogP contribution is -2.26. The Balaban J connectivity index is 1.70. The second-order valence-corrected chi connectivity index (χ2v) is 4.96. The number of H-pyrrole nitrogens is 1. The average molecular weight is 282 g/mol. The molecule has 0 saturated carbocycles. The van der Waals surface area contributed by atoms with Gasteiger partial charge in [0.2, 0.25) is 5.91 Å². The molecule has 1 aromatic heterocycles. The Morgan fingerprint density at radius 1 is 1.38 bits per heavy atom. The van der Waals surface area contributed by atoms with E-state index in [1.54, 1.807) is 12.1 Å². The van der Waals surface area contributed by atoms with Crippen LogP contribution in [0.1, 0.15) is 28.8 Å². The molecule has 2 aromatic rings. The summed E-state index contributed by atoms with van der Waals surface area (Å²) < 4.78 is 0. The van der Waals surface area contributed by atoms with Crippen LogP contribution < -0.4 is 5.32 Å². The van der Waals surface area contributed by atoms with E-state index in [0.29, 0.717) is 18.5 Å². The number of hydrogen-bond donors (Lipinski definition) is 2. The minimum Gasteiger partial charge on any atom is -0.356 e. The molecule has 0 saturated heterocycles. The molecule has 108 valence electrons. The van der Waals surface area contributed by atoms with Crippen molar-refractivity contribution in [2.75, 3.05) is 6.54 Å². The maximum Gasteiger partial charge on any atom is 0.224 e. The standard InChI is InChI=1S/C16H18N4O/c1-12-15(11-19-20-12)3-2-8-18-16(21)9-13-4-6-14(10-17)7-5-13/h4-7,11H,2-3,8-9H2,1H3,(H,18,21)(H,19,20). The third-order valence-corrected chi connectivity index (χ3v) is 3.33. The highest BCUT2D eigenvalue weighted by atomic mass is 16.1. The monoisotopic (exact) mass is 282 g/mol. The fourth-order valence-electron chi connectivity index (χ4n) is 2.08. The zero-order valence-electron chi connectivity index (χ0n) is 12.0. The zero-order valence-corrected chi connectivity index (χ0v) is 12.0. The fraction of sp³-hybridized carbons (Fsp3) is 0.312. The van der Waals surface area contributed by atoms with Crippen LogP contribution in [-0.4, -0.2) is 22.6 Å². The first-order valence-corrected chi connectivity index (χ1v) is 6.93. The summed E-state index contributed by atoms with van der Waals surface area (Å²) in [7, 11) is 0. The predicted octanol–water partition coefficient (Wildman–Crippen LogP) is 1.88. The molecule has 2 N–H and O–H groups in total. The largest absolute Gasteiger partial charge is 0.356 e. The summed E-state index contributed by atoms with van der Waals surface area (Å²) in [5, 5.41) is 18.5. The fourth-order valence-corrected chi connectivity index (χ4v) is 2.08. The van der Waals surface area contributed by atoms with Crippen LogP contribution in [0.5, 0.6) is 0 Å². The Morgan fingerprint density at radius 2 is 2.14 bits per heavy atom. The number of hydrogen-bond acceptors (Lipinski definition) is 3. The van der Waals surface area contributed by atoms with E-state index in [0.717, 1.165) is 24.1 Å². The molecule has 0 atom stereocenters. The number of aromatic amines is 1. The van der Waals surface area contributed by atoms with Gasteiger partial charge in [0.05, 0.1) is 24.3 Å². The lowest BCUT2D eigenvalue weighted by molar-refractivity contribution is -0.120. The van der Waals surface area contributed by atoms with Gasteiger partial charge in [0.1, 0.15) is 0 Å². The van der Waals surface area contributed by atoms with Crippen LogP contribution in [0, 0.1) is 18.3 Å². The van der Waals surface area contributed by atoms with Crippen molar-refractivity contribution < 1.29 is 4.79 Å². The van der Waals surface area contributed by atoms with Crippen LogP contribution in [0.3, 0.4) is 0 Å². The van der Waals surface area contributed by atoms with E-state index < -0.39 is 0 Å². The highest BCUT2D eigenvalue weighted by Crippen LogP contribution is 2.06. The van der Waals surface area contributed by atoms with Gasteiger partial charge in [0, 0.05) is 12.2 Å². The summed E-state index contributed by atoms with van der Waals surface area (Å²) in [6.45, 7) is 2.64. The van der Waals surface area contributed by atoms with Crippen LogP contribution in [0.4, 0.5) is 0 Å². The number of carbonyl (C=O) groups excluding carboxylic acids is 1. The molecule has 0 bridgehead atoms. The number of benzene rings is 1. The number of aromatic nitrogens is 2. The number of nitrogens with zero attached hydrogens (tertiary/aromatic N) is 2. The normalized spacial score (nSPS) is 10.1. The Hall–Kier alpha value is -2.61. The van der Waals surface area contributed by atoms with Gasteiger partial charge >= 0.3 is 0 Å². The van der Waals surface area contributed by atoms with Crippen molar-refractivity contribution in [3.05, 3.63) is 52.8 Å². The highest BCUT2D eigenvalue weighted by molar-refractivity contribution is 5.78. The Morgan fingerprint density at radius 3 is 2.76 bits per heavy atom. The number of nitrogens with one attached hydrogen (secondary N) is 2. The molecule has 0 radical (unpaired) electrons. The summed E-state index contributed by atoms with van der Waals surface area (Å²) in [6.07, 6.45) is 3.96. The summed E-state index contributed by atoms with van der Waals surface area (Å²) in [6, 6.07) is 9.14. The van der Waals surface area contributed by atoms with Crippen molar-refractivity contribution in [3.8, 4) is 6.07 Å². The second kappa shape index (κ2) is 7.25. The molecule has 0 aliphatic carbocycles. The summed E-state index contributed by atoms with van der Waals surface area (Å²) in [5.41, 5.74) is 3.79. The minimum atomic E-state index is 0.00335. The molecular formula is C16H18N4O. The zero-order chi connectivity index (χ0) is 15.1. The highest BCUT2D eigenvalue weighted by Gasteiger charge is 2.04. The van der Waals surface area contributed by atoms with Crippen LogP contribution >= 0.6 is 0 Å². The van der Waals surface area contributed by atoms with Gasteiger partial charge in [-0.2, -0.15) is 10.4 Å². The summed E-state index contributed by atoms with van der Waals surface area (Å²) in [5.74, 6) is 0.00335. The van der Waals surface area contributed by atoms with E-state index in [9.17, 15) is 4.79 Å². The van der Waals surface area contributed by atoms with E-state index in [1.807, 2.05) is 25.3 Å². The first-order valence-electron chi connectivity index (χ1n) is 6.93. The average Bonchev–Trinajstić information content (AvgIpc) is 2.90. The molecule has 0 fully saturated rings. The first kappa shape index (κ1) is 14.8. The Kier molecular flexibility index (Phi) is 5.10. The number of rotatable bonds is 6. The third-order valence-electron chi connectivity index (χ3n) is 3.33. The molecule has 1 heterocycles. The van der Waals surface area contributed by atoms with E-state index in [4.69, 9.17) is 5.26 Å². The molecule has 21 heavy (non-hydrogen) atoms. The van der Waals surface area contributed by atoms with Crippen molar-refractivity contribution in [1.29, 1.82) is 5.26 Å². The van der Waals surface area contributed by atoms with Crippen molar-refractivity contribution in [3.63, 3.8) is 0 Å². The molecule has 1 aromatic carbocycles. The van der Waals surface area contributed by atoms with Crippen molar-refractivity contribution in [2.45, 2.75) is 26.2 Å². The lowest BCUT2D eigenvalue weighted by Gasteiger charge is -2.05. The van der Waals surface area contributed by atoms with Crippen molar-refractivity contribution in [1.82, 2.24) is 15.5 Å². The Labute approximate surface area is 124 Å². The van der Waals surface area contributed by atoms with E-state index in [-0.39, 0.29) is 5.91 Å². The topological polar surface area (TPSA) is 81.6 Å². The maximum absolute atomic E-state index is 11.8. The molecular weight excluding hydrogens is 264 g/mol. The van der Waals surface area contributed by atoms with Gasteiger partial charge in [-0.1, -0.05) is 12.1 Å². The maximum atomic E-state index is 11.8. The lowest BCUT2D eigenvalue weighted by atomic mass is 10.1. The van der Waals surface area contributed by atoms with Crippen LogP contribution in [0.2, 0.25) is 0 Å². The quantitative estimate of drug-likeness (QED) is 0.794. The van der Waals surface area contributed by atoms with Crippen molar-refractivity contribution >= 4 is 5.91 Å². The van der Waals surface area contributed by atoms with Gasteiger partial charge in [-0.05, 0) is 43.0 Å². The molecule has 0 spiro atoms. The van der Waals surface area contributed by atoms with Gasteiger partial charge in [0.25, 0.3) is 0 Å². The summed E-state index contributed by atoms with van der Waals surface area (Å²) in [4.78, 5) is 11.8. The molecule has 0 unspecified atom stereocenters. The van der Waals surface area contributed by atoms with Gasteiger partial charge < -0.3 is 5.32 Å². The molecule has 0 aliphatic rings. The van der Waals surface area contributed by atoms with Gasteiger partial charge in [-0.3, -0.25) is 9.89 Å². The van der Waals surface area contributed by atoms with Crippen LogP contribution in [-0.2, 0) is 17.6 Å². The van der Waals surface area contributed by atoms with E-state index >= 15 is 0 Å². The first-order chi connectivity index (χ1) is 10.2. The predicted molar refractivity (Wildman–Crippen MR) is 79.5 cm³/mol. The molecule has 0 aliphatic heterocycles. The Bertz CT molecular complexity index is 637. The minimum absolute atomic E-state index is 0.00335. The third kappa shape index (κ3) is 4.46. The summed E-state index contributed by atoms with van der Waals surface area (Å²) >= 11 is 0. The number of aryl methyl sites for hydroxylation is 2. The van der Waals surface area contributed by atoms with E-state index in [1.165, 1.54) is 5.56 Å². The number of nitriles is 1.